The summed E-state index contributed by atoms with van der Waals surface area (Å²) in [5.41, 5.74) is 0.717. The molecule has 0 unspecified atom stereocenters. The molecule has 2 aromatic rings. The van der Waals surface area contributed by atoms with Crippen molar-refractivity contribution in [3.63, 3.8) is 0 Å². The van der Waals surface area contributed by atoms with Crippen molar-refractivity contribution in [2.45, 2.75) is 6.92 Å². The number of halogens is 2. The molecule has 0 aliphatic carbocycles. The fourth-order valence-corrected chi connectivity index (χ4v) is 3.10. The van der Waals surface area contributed by atoms with Crippen molar-refractivity contribution in [2.24, 2.45) is 0 Å². The zero-order valence-corrected chi connectivity index (χ0v) is 15.0. The van der Waals surface area contributed by atoms with Gasteiger partial charge in [-0.2, -0.15) is 0 Å². The number of rotatable bonds is 3. The number of hydrogen-bond donors (Lipinski definition) is 0. The summed E-state index contributed by atoms with van der Waals surface area (Å²) >= 11 is 0. The van der Waals surface area contributed by atoms with Crippen LogP contribution < -0.4 is 0 Å². The smallest absolute Gasteiger partial charge is 0.272 e. The first-order chi connectivity index (χ1) is 13.3. The van der Waals surface area contributed by atoms with Gasteiger partial charge in [0.25, 0.3) is 17.5 Å². The SMILES string of the molecule is Cc1cc(C(=O)N2CCN(C(=O)c3ccc(F)c(F)c3)CC2)ccc1[N+](=O)[O-]. The number of nitrogens with zero attached hydrogens (tertiary/aromatic N) is 3. The molecule has 1 aliphatic rings. The molecule has 2 amide bonds. The zero-order valence-electron chi connectivity index (χ0n) is 15.0. The predicted octanol–water partition coefficient (Wildman–Crippen LogP) is 2.78. The molecule has 0 radical (unpaired) electrons. The Kier molecular flexibility index (Phi) is 5.34. The van der Waals surface area contributed by atoms with E-state index in [0.29, 0.717) is 11.1 Å². The van der Waals surface area contributed by atoms with Gasteiger partial charge in [0, 0.05) is 48.9 Å². The van der Waals surface area contributed by atoms with E-state index in [9.17, 15) is 28.5 Å². The van der Waals surface area contributed by atoms with Crippen LogP contribution in [0.1, 0.15) is 26.3 Å². The summed E-state index contributed by atoms with van der Waals surface area (Å²) in [5, 5.41) is 10.9. The average Bonchev–Trinajstić information content (AvgIpc) is 2.68. The molecule has 7 nitrogen and oxygen atoms in total. The topological polar surface area (TPSA) is 83.8 Å². The molecular weight excluding hydrogens is 372 g/mol. The van der Waals surface area contributed by atoms with Gasteiger partial charge < -0.3 is 9.80 Å². The first kappa shape index (κ1) is 19.4. The number of aryl methyl sites for hydroxylation is 1. The van der Waals surface area contributed by atoms with Crippen LogP contribution in [0, 0.1) is 28.7 Å². The van der Waals surface area contributed by atoms with Crippen LogP contribution in [0.25, 0.3) is 0 Å². The van der Waals surface area contributed by atoms with Crippen LogP contribution in [0.5, 0.6) is 0 Å². The Morgan fingerprint density at radius 2 is 1.39 bits per heavy atom. The number of carbonyl (C=O) groups excluding carboxylic acids is 2. The molecule has 2 aromatic carbocycles. The molecule has 1 fully saturated rings. The van der Waals surface area contributed by atoms with E-state index < -0.39 is 22.5 Å². The predicted molar refractivity (Wildman–Crippen MR) is 96.0 cm³/mol. The van der Waals surface area contributed by atoms with E-state index in [-0.39, 0.29) is 43.3 Å². The van der Waals surface area contributed by atoms with Crippen LogP contribution in [0.2, 0.25) is 0 Å². The van der Waals surface area contributed by atoms with E-state index in [1.165, 1.54) is 29.2 Å². The van der Waals surface area contributed by atoms with Gasteiger partial charge >= 0.3 is 0 Å². The molecule has 0 bridgehead atoms. The van der Waals surface area contributed by atoms with Crippen molar-refractivity contribution in [1.82, 2.24) is 9.80 Å². The summed E-state index contributed by atoms with van der Waals surface area (Å²) < 4.78 is 26.4. The third-order valence-corrected chi connectivity index (χ3v) is 4.66. The second-order valence-corrected chi connectivity index (χ2v) is 6.47. The van der Waals surface area contributed by atoms with E-state index in [0.717, 1.165) is 12.1 Å². The van der Waals surface area contributed by atoms with Gasteiger partial charge in [-0.1, -0.05) is 0 Å². The molecule has 0 atom stereocenters. The maximum absolute atomic E-state index is 13.3. The lowest BCUT2D eigenvalue weighted by atomic mass is 10.1. The molecule has 0 aromatic heterocycles. The average molecular weight is 389 g/mol. The van der Waals surface area contributed by atoms with Crippen molar-refractivity contribution >= 4 is 17.5 Å². The van der Waals surface area contributed by atoms with Crippen LogP contribution in [0.4, 0.5) is 14.5 Å². The molecule has 28 heavy (non-hydrogen) atoms. The molecule has 0 saturated carbocycles. The van der Waals surface area contributed by atoms with E-state index in [1.54, 1.807) is 11.8 Å². The molecule has 1 saturated heterocycles. The van der Waals surface area contributed by atoms with Crippen LogP contribution in [-0.4, -0.2) is 52.7 Å². The minimum atomic E-state index is -1.09. The molecule has 1 heterocycles. The van der Waals surface area contributed by atoms with E-state index >= 15 is 0 Å². The van der Waals surface area contributed by atoms with Crippen molar-refractivity contribution in [3.8, 4) is 0 Å². The molecule has 3 rings (SSSR count). The highest BCUT2D eigenvalue weighted by molar-refractivity contribution is 5.96. The maximum Gasteiger partial charge on any atom is 0.272 e. The molecule has 1 aliphatic heterocycles. The quantitative estimate of drug-likeness (QED) is 0.597. The first-order valence-corrected chi connectivity index (χ1v) is 8.56. The zero-order chi connectivity index (χ0) is 20.4. The highest BCUT2D eigenvalue weighted by atomic mass is 19.2. The van der Waals surface area contributed by atoms with E-state index in [4.69, 9.17) is 0 Å². The van der Waals surface area contributed by atoms with Crippen molar-refractivity contribution < 1.29 is 23.3 Å². The summed E-state index contributed by atoms with van der Waals surface area (Å²) in [6, 6.07) is 7.16. The Bertz CT molecular complexity index is 956. The van der Waals surface area contributed by atoms with Gasteiger partial charge in [-0.15, -0.1) is 0 Å². The third-order valence-electron chi connectivity index (χ3n) is 4.66. The summed E-state index contributed by atoms with van der Waals surface area (Å²) in [4.78, 5) is 38.5. The summed E-state index contributed by atoms with van der Waals surface area (Å²) in [5.74, 6) is -2.83. The highest BCUT2D eigenvalue weighted by Gasteiger charge is 2.26. The Balaban J connectivity index is 1.65. The van der Waals surface area contributed by atoms with Gasteiger partial charge in [-0.3, -0.25) is 19.7 Å². The second kappa shape index (κ2) is 7.71. The monoisotopic (exact) mass is 389 g/mol. The fraction of sp³-hybridized carbons (Fsp3) is 0.263. The van der Waals surface area contributed by atoms with Crippen molar-refractivity contribution in [1.29, 1.82) is 0 Å². The van der Waals surface area contributed by atoms with Crippen molar-refractivity contribution in [2.75, 3.05) is 26.2 Å². The van der Waals surface area contributed by atoms with Crippen LogP contribution >= 0.6 is 0 Å². The van der Waals surface area contributed by atoms with E-state index in [2.05, 4.69) is 0 Å². The molecule has 9 heteroatoms. The minimum absolute atomic E-state index is 0.0460. The molecule has 146 valence electrons. The minimum Gasteiger partial charge on any atom is -0.335 e. The van der Waals surface area contributed by atoms with Gasteiger partial charge in [0.15, 0.2) is 11.6 Å². The number of piperazine rings is 1. The Morgan fingerprint density at radius 1 is 0.893 bits per heavy atom. The lowest BCUT2D eigenvalue weighted by Gasteiger charge is -2.35. The molecular formula is C19H17F2N3O4. The van der Waals surface area contributed by atoms with Gasteiger partial charge in [-0.25, -0.2) is 8.78 Å². The Morgan fingerprint density at radius 3 is 1.86 bits per heavy atom. The highest BCUT2D eigenvalue weighted by Crippen LogP contribution is 2.20. The van der Waals surface area contributed by atoms with Crippen LogP contribution in [0.15, 0.2) is 36.4 Å². The number of carbonyl (C=O) groups is 2. The normalized spacial score (nSPS) is 14.1. The standard InChI is InChI=1S/C19H17F2N3O4/c1-12-10-13(3-5-17(12)24(27)28)18(25)22-6-8-23(9-7-22)19(26)14-2-4-15(20)16(21)11-14/h2-5,10-11H,6-9H2,1H3. The van der Waals surface area contributed by atoms with E-state index in [1.807, 2.05) is 0 Å². The second-order valence-electron chi connectivity index (χ2n) is 6.47. The Labute approximate surface area is 159 Å². The molecule has 0 spiro atoms. The summed E-state index contributed by atoms with van der Waals surface area (Å²) in [7, 11) is 0. The number of amides is 2. The summed E-state index contributed by atoms with van der Waals surface area (Å²) in [6.45, 7) is 2.59. The lowest BCUT2D eigenvalue weighted by molar-refractivity contribution is -0.385. The Hall–Kier alpha value is -3.36. The van der Waals surface area contributed by atoms with Gasteiger partial charge in [-0.05, 0) is 37.3 Å². The largest absolute Gasteiger partial charge is 0.335 e. The first-order valence-electron chi connectivity index (χ1n) is 8.56. The van der Waals surface area contributed by atoms with Gasteiger partial charge in [0.2, 0.25) is 0 Å². The van der Waals surface area contributed by atoms with Crippen molar-refractivity contribution in [3.05, 3.63) is 74.8 Å². The number of hydrogen-bond acceptors (Lipinski definition) is 4. The fourth-order valence-electron chi connectivity index (χ4n) is 3.10. The number of nitro benzene ring substituents is 1. The lowest BCUT2D eigenvalue weighted by Crippen LogP contribution is -2.50. The number of nitro groups is 1. The molecule has 0 N–H and O–H groups in total. The van der Waals surface area contributed by atoms with Crippen LogP contribution in [0.3, 0.4) is 0 Å². The summed E-state index contributed by atoms with van der Waals surface area (Å²) in [6.07, 6.45) is 0. The third kappa shape index (κ3) is 3.83. The van der Waals surface area contributed by atoms with Crippen LogP contribution in [-0.2, 0) is 0 Å². The van der Waals surface area contributed by atoms with Gasteiger partial charge in [0.05, 0.1) is 4.92 Å². The number of benzene rings is 2. The maximum atomic E-state index is 13.3. The van der Waals surface area contributed by atoms with Gasteiger partial charge in [0.1, 0.15) is 0 Å².